The van der Waals surface area contributed by atoms with Crippen molar-refractivity contribution in [2.45, 2.75) is 52.4 Å². The Balaban J connectivity index is 2.10. The maximum atomic E-state index is 12.5. The highest BCUT2D eigenvalue weighted by Crippen LogP contribution is 2.47. The number of carbonyl (C=O) groups is 2. The fourth-order valence-corrected chi connectivity index (χ4v) is 3.27. The van der Waals surface area contributed by atoms with Crippen LogP contribution in [0.3, 0.4) is 0 Å². The molecule has 102 valence electrons. The number of hydrogen-bond donors (Lipinski definition) is 1. The average molecular weight is 253 g/mol. The summed E-state index contributed by atoms with van der Waals surface area (Å²) in [5.74, 6) is 0.0175. The van der Waals surface area contributed by atoms with Crippen LogP contribution in [0.1, 0.15) is 52.4 Å². The van der Waals surface area contributed by atoms with Crippen LogP contribution in [0.4, 0.5) is 0 Å². The fourth-order valence-electron chi connectivity index (χ4n) is 3.27. The Morgan fingerprint density at radius 3 is 2.44 bits per heavy atom. The first-order chi connectivity index (χ1) is 8.40. The molecule has 2 aliphatic rings. The Morgan fingerprint density at radius 2 is 1.89 bits per heavy atom. The van der Waals surface area contributed by atoms with E-state index in [1.54, 1.807) is 0 Å². The van der Waals surface area contributed by atoms with Crippen LogP contribution in [0.2, 0.25) is 0 Å². The third-order valence-electron chi connectivity index (χ3n) is 4.42. The minimum Gasteiger partial charge on any atom is -0.396 e. The van der Waals surface area contributed by atoms with E-state index in [1.807, 2.05) is 13.8 Å². The highest BCUT2D eigenvalue weighted by Gasteiger charge is 2.53. The van der Waals surface area contributed by atoms with Crippen LogP contribution in [0.5, 0.6) is 0 Å². The van der Waals surface area contributed by atoms with E-state index in [0.29, 0.717) is 19.4 Å². The van der Waals surface area contributed by atoms with Gasteiger partial charge in [0.2, 0.25) is 11.8 Å². The molecule has 4 nitrogen and oxygen atoms in total. The van der Waals surface area contributed by atoms with Gasteiger partial charge in [-0.25, -0.2) is 0 Å². The summed E-state index contributed by atoms with van der Waals surface area (Å²) in [6.07, 6.45) is 4.88. The van der Waals surface area contributed by atoms with Crippen molar-refractivity contribution in [1.82, 2.24) is 4.90 Å². The van der Waals surface area contributed by atoms with Gasteiger partial charge in [-0.2, -0.15) is 0 Å². The minimum atomic E-state index is -0.369. The first-order valence-electron chi connectivity index (χ1n) is 6.86. The Hall–Kier alpha value is -0.900. The van der Waals surface area contributed by atoms with E-state index >= 15 is 0 Å². The van der Waals surface area contributed by atoms with E-state index < -0.39 is 0 Å². The van der Waals surface area contributed by atoms with Gasteiger partial charge in [0.25, 0.3) is 0 Å². The number of aliphatic hydroxyl groups excluding tert-OH is 1. The number of hydrogen-bond acceptors (Lipinski definition) is 3. The van der Waals surface area contributed by atoms with Crippen molar-refractivity contribution >= 4 is 11.8 Å². The van der Waals surface area contributed by atoms with E-state index in [4.69, 9.17) is 5.11 Å². The van der Waals surface area contributed by atoms with Crippen molar-refractivity contribution in [3.05, 3.63) is 0 Å². The predicted molar refractivity (Wildman–Crippen MR) is 67.7 cm³/mol. The number of aliphatic hydroxyl groups is 1. The second kappa shape index (κ2) is 4.65. The summed E-state index contributed by atoms with van der Waals surface area (Å²) in [5, 5.41) is 9.02. The molecule has 18 heavy (non-hydrogen) atoms. The molecule has 2 amide bonds. The molecule has 0 aromatic heterocycles. The summed E-state index contributed by atoms with van der Waals surface area (Å²) in [6.45, 7) is 4.51. The van der Waals surface area contributed by atoms with Crippen molar-refractivity contribution in [2.24, 2.45) is 10.8 Å². The summed E-state index contributed by atoms with van der Waals surface area (Å²) in [5.41, 5.74) is -0.573. The maximum Gasteiger partial charge on any atom is 0.235 e. The van der Waals surface area contributed by atoms with Gasteiger partial charge in [-0.1, -0.05) is 26.7 Å². The van der Waals surface area contributed by atoms with Gasteiger partial charge in [0.05, 0.1) is 5.41 Å². The number of imide groups is 1. The van der Waals surface area contributed by atoms with Crippen molar-refractivity contribution in [3.8, 4) is 0 Å². The van der Waals surface area contributed by atoms with Crippen LogP contribution < -0.4 is 0 Å². The first kappa shape index (κ1) is 13.5. The highest BCUT2D eigenvalue weighted by atomic mass is 16.3. The van der Waals surface area contributed by atoms with Crippen molar-refractivity contribution < 1.29 is 14.7 Å². The van der Waals surface area contributed by atoms with Gasteiger partial charge < -0.3 is 5.11 Å². The van der Waals surface area contributed by atoms with E-state index in [9.17, 15) is 9.59 Å². The van der Waals surface area contributed by atoms with Gasteiger partial charge in [-0.15, -0.1) is 0 Å². The van der Waals surface area contributed by atoms with Crippen LogP contribution in [-0.2, 0) is 9.59 Å². The molecule has 0 aromatic rings. The predicted octanol–water partition coefficient (Wildman–Crippen LogP) is 1.71. The van der Waals surface area contributed by atoms with Gasteiger partial charge in [0.1, 0.15) is 0 Å². The van der Waals surface area contributed by atoms with Gasteiger partial charge in [-0.3, -0.25) is 14.5 Å². The second-order valence-corrected chi connectivity index (χ2v) is 6.59. The molecule has 0 atom stereocenters. The van der Waals surface area contributed by atoms with Crippen molar-refractivity contribution in [3.63, 3.8) is 0 Å². The molecule has 1 heterocycles. The third-order valence-corrected chi connectivity index (χ3v) is 4.42. The molecule has 0 bridgehead atoms. The van der Waals surface area contributed by atoms with E-state index in [1.165, 1.54) is 4.90 Å². The molecule has 1 aliphatic heterocycles. The first-order valence-corrected chi connectivity index (χ1v) is 6.86. The minimum absolute atomic E-state index is 0.0204. The van der Waals surface area contributed by atoms with Crippen molar-refractivity contribution in [1.29, 1.82) is 0 Å². The molecule has 1 saturated carbocycles. The summed E-state index contributed by atoms with van der Waals surface area (Å²) >= 11 is 0. The number of nitrogens with zero attached hydrogens (tertiary/aromatic N) is 1. The van der Waals surface area contributed by atoms with Crippen LogP contribution in [0, 0.1) is 10.8 Å². The molecule has 0 aromatic carbocycles. The van der Waals surface area contributed by atoms with Crippen LogP contribution in [0.15, 0.2) is 0 Å². The lowest BCUT2D eigenvalue weighted by molar-refractivity contribution is -0.143. The number of carbonyl (C=O) groups excluding carboxylic acids is 2. The van der Waals surface area contributed by atoms with Gasteiger partial charge in [0.15, 0.2) is 0 Å². The number of rotatable bonds is 4. The molecule has 1 N–H and O–H groups in total. The molecule has 1 aliphatic carbocycles. The number of amides is 2. The van der Waals surface area contributed by atoms with Gasteiger partial charge in [0, 0.05) is 19.6 Å². The maximum absolute atomic E-state index is 12.5. The quantitative estimate of drug-likeness (QED) is 0.776. The van der Waals surface area contributed by atoms with Gasteiger partial charge >= 0.3 is 0 Å². The van der Waals surface area contributed by atoms with E-state index in [-0.39, 0.29) is 29.3 Å². The molecule has 1 saturated heterocycles. The van der Waals surface area contributed by atoms with Gasteiger partial charge in [-0.05, 0) is 24.7 Å². The van der Waals surface area contributed by atoms with Crippen molar-refractivity contribution in [2.75, 3.05) is 13.2 Å². The lowest BCUT2D eigenvalue weighted by Crippen LogP contribution is -2.41. The van der Waals surface area contributed by atoms with E-state index in [2.05, 4.69) is 0 Å². The summed E-state index contributed by atoms with van der Waals surface area (Å²) in [4.78, 5) is 26.0. The molecule has 1 spiro atoms. The lowest BCUT2D eigenvalue weighted by Gasteiger charge is -2.29. The molecule has 4 heteroatoms. The fraction of sp³-hybridized carbons (Fsp3) is 0.857. The summed E-state index contributed by atoms with van der Waals surface area (Å²) < 4.78 is 0. The Bertz CT molecular complexity index is 356. The summed E-state index contributed by atoms with van der Waals surface area (Å²) in [6, 6.07) is 0. The van der Waals surface area contributed by atoms with Crippen LogP contribution in [-0.4, -0.2) is 35.0 Å². The molecule has 2 rings (SSSR count). The highest BCUT2D eigenvalue weighted by molar-refractivity contribution is 6.06. The zero-order chi connectivity index (χ0) is 13.4. The molecule has 2 fully saturated rings. The lowest BCUT2D eigenvalue weighted by atomic mass is 9.84. The average Bonchev–Trinajstić information content (AvgIpc) is 2.81. The second-order valence-electron chi connectivity index (χ2n) is 6.59. The Morgan fingerprint density at radius 1 is 1.28 bits per heavy atom. The monoisotopic (exact) mass is 253 g/mol. The smallest absolute Gasteiger partial charge is 0.235 e. The summed E-state index contributed by atoms with van der Waals surface area (Å²) in [7, 11) is 0. The van der Waals surface area contributed by atoms with Crippen LogP contribution in [0.25, 0.3) is 0 Å². The zero-order valence-electron chi connectivity index (χ0n) is 11.4. The molecular weight excluding hydrogens is 230 g/mol. The molecule has 0 radical (unpaired) electrons. The topological polar surface area (TPSA) is 57.6 Å². The Labute approximate surface area is 108 Å². The Kier molecular flexibility index (Phi) is 3.49. The normalized spacial score (nSPS) is 23.4. The van der Waals surface area contributed by atoms with E-state index in [0.717, 1.165) is 25.7 Å². The molecular formula is C14H23NO3. The zero-order valence-corrected chi connectivity index (χ0v) is 11.4. The number of likely N-dealkylation sites (tertiary alicyclic amines) is 1. The molecule has 0 unspecified atom stereocenters. The largest absolute Gasteiger partial charge is 0.396 e. The third kappa shape index (κ3) is 2.30. The SMILES string of the molecule is CC(C)(CCO)CN1C(=O)CC2(CCCC2)C1=O. The van der Waals surface area contributed by atoms with Crippen LogP contribution >= 0.6 is 0 Å². The standard InChI is InChI=1S/C14H23NO3/c1-13(2,7-8-16)10-15-11(17)9-14(12(15)18)5-3-4-6-14/h16H,3-10H2,1-2H3.